The third kappa shape index (κ3) is 6.39. The molecule has 2 heteroatoms. The summed E-state index contributed by atoms with van der Waals surface area (Å²) in [4.78, 5) is 0. The normalized spacial score (nSPS) is 12.5. The Hall–Kier alpha value is 0.310. The van der Waals surface area contributed by atoms with E-state index in [4.69, 9.17) is 0 Å². The van der Waals surface area contributed by atoms with Crippen molar-refractivity contribution in [1.82, 2.24) is 5.32 Å². The van der Waals surface area contributed by atoms with Crippen LogP contribution in [0, 0.1) is 11.3 Å². The lowest BCUT2D eigenvalue weighted by Gasteiger charge is -2.29. The fraction of sp³-hybridized carbons (Fsp3) is 1.00. The minimum Gasteiger partial charge on any atom is -0.315 e. The van der Waals surface area contributed by atoms with Gasteiger partial charge in [-0.1, -0.05) is 34.6 Å². The highest BCUT2D eigenvalue weighted by Gasteiger charge is 2.21. The van der Waals surface area contributed by atoms with E-state index in [1.165, 1.54) is 11.5 Å². The number of hydrogen-bond donors (Lipinski definition) is 1. The fourth-order valence-corrected chi connectivity index (χ4v) is 1.48. The van der Waals surface area contributed by atoms with Gasteiger partial charge in [0.15, 0.2) is 0 Å². The van der Waals surface area contributed by atoms with Crippen LogP contribution in [0.25, 0.3) is 0 Å². The highest BCUT2D eigenvalue weighted by molar-refractivity contribution is 7.99. The molecule has 1 N–H and O–H groups in total. The molecule has 0 aliphatic heterocycles. The molecule has 0 saturated carbocycles. The van der Waals surface area contributed by atoms with Crippen LogP contribution in [0.5, 0.6) is 0 Å². The monoisotopic (exact) mass is 203 g/mol. The van der Waals surface area contributed by atoms with Gasteiger partial charge in [-0.3, -0.25) is 0 Å². The van der Waals surface area contributed by atoms with Crippen molar-refractivity contribution in [3.05, 3.63) is 0 Å². The van der Waals surface area contributed by atoms with Crippen LogP contribution >= 0.6 is 11.8 Å². The first kappa shape index (κ1) is 13.3. The van der Waals surface area contributed by atoms with E-state index in [0.717, 1.165) is 19.0 Å². The Kier molecular flexibility index (Phi) is 6.88. The Morgan fingerprint density at radius 1 is 1.31 bits per heavy atom. The molecule has 0 aromatic heterocycles. The maximum absolute atomic E-state index is 3.52. The molecule has 80 valence electrons. The van der Waals surface area contributed by atoms with Crippen molar-refractivity contribution < 1.29 is 0 Å². The van der Waals surface area contributed by atoms with E-state index >= 15 is 0 Å². The van der Waals surface area contributed by atoms with E-state index in [2.05, 4.69) is 39.9 Å². The molecule has 0 bridgehead atoms. The predicted molar refractivity (Wildman–Crippen MR) is 64.5 cm³/mol. The summed E-state index contributed by atoms with van der Waals surface area (Å²) >= 11 is 2.00. The summed E-state index contributed by atoms with van der Waals surface area (Å²) in [5, 5.41) is 3.52. The molecule has 0 rings (SSSR count). The van der Waals surface area contributed by atoms with Crippen molar-refractivity contribution in [2.24, 2.45) is 11.3 Å². The molecule has 1 nitrogen and oxygen atoms in total. The zero-order valence-electron chi connectivity index (χ0n) is 9.81. The van der Waals surface area contributed by atoms with Crippen molar-refractivity contribution in [3.8, 4) is 0 Å². The van der Waals surface area contributed by atoms with Gasteiger partial charge >= 0.3 is 0 Å². The molecule has 0 aromatic carbocycles. The highest BCUT2D eigenvalue weighted by atomic mass is 32.2. The van der Waals surface area contributed by atoms with Crippen molar-refractivity contribution in [2.75, 3.05) is 24.6 Å². The third-order valence-electron chi connectivity index (χ3n) is 2.77. The second kappa shape index (κ2) is 6.72. The molecule has 0 unspecified atom stereocenters. The second-order valence-electron chi connectivity index (χ2n) is 4.52. The highest BCUT2D eigenvalue weighted by Crippen LogP contribution is 2.24. The molecule has 0 amide bonds. The van der Waals surface area contributed by atoms with E-state index in [1.54, 1.807) is 0 Å². The summed E-state index contributed by atoms with van der Waals surface area (Å²) in [6.07, 6.45) is 0. The molecular weight excluding hydrogens is 178 g/mol. The first-order chi connectivity index (χ1) is 6.00. The van der Waals surface area contributed by atoms with E-state index in [-0.39, 0.29) is 0 Å². The Morgan fingerprint density at radius 3 is 2.38 bits per heavy atom. The van der Waals surface area contributed by atoms with Crippen molar-refractivity contribution >= 4 is 11.8 Å². The molecule has 0 heterocycles. The second-order valence-corrected chi connectivity index (χ2v) is 5.91. The van der Waals surface area contributed by atoms with Crippen molar-refractivity contribution in [2.45, 2.75) is 34.6 Å². The Balaban J connectivity index is 3.41. The van der Waals surface area contributed by atoms with Crippen LogP contribution in [0.3, 0.4) is 0 Å². The summed E-state index contributed by atoms with van der Waals surface area (Å²) in [7, 11) is 0. The van der Waals surface area contributed by atoms with Crippen LogP contribution in [0.15, 0.2) is 0 Å². The number of thioether (sulfide) groups is 1. The number of hydrogen-bond acceptors (Lipinski definition) is 2. The summed E-state index contributed by atoms with van der Waals surface area (Å²) < 4.78 is 0. The van der Waals surface area contributed by atoms with Gasteiger partial charge in [-0.05, 0) is 17.1 Å². The average molecular weight is 203 g/mol. The summed E-state index contributed by atoms with van der Waals surface area (Å²) in [5.74, 6) is 3.22. The van der Waals surface area contributed by atoms with Crippen LogP contribution in [0.4, 0.5) is 0 Å². The Labute approximate surface area is 88.1 Å². The minimum atomic E-state index is 0.427. The van der Waals surface area contributed by atoms with Gasteiger partial charge in [0.2, 0.25) is 0 Å². The van der Waals surface area contributed by atoms with Gasteiger partial charge in [-0.25, -0.2) is 0 Å². The van der Waals surface area contributed by atoms with E-state index in [1.807, 2.05) is 11.8 Å². The lowest BCUT2D eigenvalue weighted by Crippen LogP contribution is -2.34. The number of nitrogens with one attached hydrogen (secondary N) is 1. The predicted octanol–water partition coefficient (Wildman–Crippen LogP) is 3.01. The molecule has 0 spiro atoms. The molecule has 0 fully saturated rings. The average Bonchev–Trinajstić information content (AvgIpc) is 2.03. The number of rotatable bonds is 7. The minimum absolute atomic E-state index is 0.427. The van der Waals surface area contributed by atoms with E-state index in [0.29, 0.717) is 5.41 Å². The smallest absolute Gasteiger partial charge is 0.00580 e. The first-order valence-corrected chi connectivity index (χ1v) is 6.44. The van der Waals surface area contributed by atoms with Gasteiger partial charge in [0.25, 0.3) is 0 Å². The fourth-order valence-electron chi connectivity index (χ4n) is 0.903. The SMILES string of the molecule is CCSCCNCC(C)(C)C(C)C. The standard InChI is InChI=1S/C11H25NS/c1-6-13-8-7-12-9-11(4,5)10(2)3/h10,12H,6-9H2,1-5H3. The van der Waals surface area contributed by atoms with Crippen LogP contribution in [-0.4, -0.2) is 24.6 Å². The van der Waals surface area contributed by atoms with Crippen molar-refractivity contribution in [3.63, 3.8) is 0 Å². The van der Waals surface area contributed by atoms with E-state index in [9.17, 15) is 0 Å². The Bertz CT molecular complexity index is 121. The quantitative estimate of drug-likeness (QED) is 0.638. The van der Waals surface area contributed by atoms with Crippen LogP contribution in [-0.2, 0) is 0 Å². The Morgan fingerprint density at radius 2 is 1.92 bits per heavy atom. The lowest BCUT2D eigenvalue weighted by atomic mass is 9.81. The van der Waals surface area contributed by atoms with Gasteiger partial charge in [-0.2, -0.15) is 11.8 Å². The van der Waals surface area contributed by atoms with Gasteiger partial charge in [0.05, 0.1) is 0 Å². The zero-order chi connectivity index (χ0) is 10.3. The molecule has 0 aliphatic carbocycles. The van der Waals surface area contributed by atoms with Gasteiger partial charge in [-0.15, -0.1) is 0 Å². The first-order valence-electron chi connectivity index (χ1n) is 5.29. The molecule has 0 radical (unpaired) electrons. The summed E-state index contributed by atoms with van der Waals surface area (Å²) in [6, 6.07) is 0. The van der Waals surface area contributed by atoms with Crippen molar-refractivity contribution in [1.29, 1.82) is 0 Å². The maximum Gasteiger partial charge on any atom is 0.00580 e. The van der Waals surface area contributed by atoms with Gasteiger partial charge in [0, 0.05) is 18.8 Å². The molecule has 0 atom stereocenters. The summed E-state index contributed by atoms with van der Waals surface area (Å²) in [5.41, 5.74) is 0.427. The molecule has 0 aromatic rings. The molecule has 13 heavy (non-hydrogen) atoms. The largest absolute Gasteiger partial charge is 0.315 e. The maximum atomic E-state index is 3.52. The van der Waals surface area contributed by atoms with Gasteiger partial charge in [0.1, 0.15) is 0 Å². The van der Waals surface area contributed by atoms with Crippen LogP contribution in [0.2, 0.25) is 0 Å². The zero-order valence-corrected chi connectivity index (χ0v) is 10.6. The topological polar surface area (TPSA) is 12.0 Å². The third-order valence-corrected chi connectivity index (χ3v) is 3.67. The van der Waals surface area contributed by atoms with Crippen LogP contribution < -0.4 is 5.32 Å². The molecular formula is C11H25NS. The molecule has 0 saturated heterocycles. The van der Waals surface area contributed by atoms with Gasteiger partial charge < -0.3 is 5.32 Å². The van der Waals surface area contributed by atoms with Crippen LogP contribution in [0.1, 0.15) is 34.6 Å². The lowest BCUT2D eigenvalue weighted by molar-refractivity contribution is 0.240. The summed E-state index contributed by atoms with van der Waals surface area (Å²) in [6.45, 7) is 13.7. The molecule has 0 aliphatic rings. The van der Waals surface area contributed by atoms with E-state index < -0.39 is 0 Å².